The van der Waals surface area contributed by atoms with E-state index < -0.39 is 11.7 Å². The minimum Gasteiger partial charge on any atom is -0.454 e. The Kier molecular flexibility index (Phi) is 3.97. The molecule has 1 aliphatic heterocycles. The predicted octanol–water partition coefficient (Wildman–Crippen LogP) is 2.94. The van der Waals surface area contributed by atoms with Crippen LogP contribution in [0.1, 0.15) is 22.8 Å². The second kappa shape index (κ2) is 6.08. The highest BCUT2D eigenvalue weighted by Crippen LogP contribution is 2.37. The van der Waals surface area contributed by atoms with Crippen LogP contribution < -0.4 is 14.8 Å². The molecule has 6 heteroatoms. The van der Waals surface area contributed by atoms with Crippen molar-refractivity contribution < 1.29 is 23.5 Å². The van der Waals surface area contributed by atoms with Crippen molar-refractivity contribution in [3.05, 3.63) is 53.3 Å². The van der Waals surface area contributed by atoms with E-state index in [0.717, 1.165) is 0 Å². The average molecular weight is 315 g/mol. The molecule has 0 saturated carbocycles. The van der Waals surface area contributed by atoms with Gasteiger partial charge in [-0.25, -0.2) is 4.39 Å². The number of Topliss-reactive ketones (excluding diaryl/α,β-unsaturated/α-hetero) is 1. The molecule has 0 bridgehead atoms. The fraction of sp³-hybridized carbons (Fsp3) is 0.176. The van der Waals surface area contributed by atoms with Crippen LogP contribution in [0.2, 0.25) is 0 Å². The number of carbonyl (C=O) groups is 2. The minimum absolute atomic E-state index is 0.0688. The number of nitrogens with one attached hydrogen (secondary N) is 1. The lowest BCUT2D eigenvalue weighted by atomic mass is 10.1. The smallest absolute Gasteiger partial charge is 0.231 e. The first kappa shape index (κ1) is 15.0. The molecule has 2 aromatic rings. The summed E-state index contributed by atoms with van der Waals surface area (Å²) in [6.07, 6.45) is -0.127. The molecule has 0 aromatic heterocycles. The van der Waals surface area contributed by atoms with E-state index in [1.807, 2.05) is 0 Å². The van der Waals surface area contributed by atoms with Crippen molar-refractivity contribution in [2.45, 2.75) is 13.3 Å². The molecular formula is C17H14FNO4. The first-order valence-corrected chi connectivity index (χ1v) is 7.02. The monoisotopic (exact) mass is 315 g/mol. The van der Waals surface area contributed by atoms with Crippen LogP contribution in [-0.2, 0) is 11.2 Å². The maximum Gasteiger partial charge on any atom is 0.231 e. The summed E-state index contributed by atoms with van der Waals surface area (Å²) in [5.41, 5.74) is 0.925. The Morgan fingerprint density at radius 2 is 1.87 bits per heavy atom. The summed E-state index contributed by atoms with van der Waals surface area (Å²) < 4.78 is 24.1. The number of anilines is 1. The molecule has 0 atom stereocenters. The molecule has 0 spiro atoms. The number of amides is 1. The van der Waals surface area contributed by atoms with Gasteiger partial charge >= 0.3 is 0 Å². The van der Waals surface area contributed by atoms with E-state index in [1.165, 1.54) is 25.1 Å². The summed E-state index contributed by atoms with van der Waals surface area (Å²) in [5.74, 6) is -0.167. The third-order valence-corrected chi connectivity index (χ3v) is 3.47. The molecule has 2 aromatic carbocycles. The zero-order valence-corrected chi connectivity index (χ0v) is 12.4. The molecule has 0 fully saturated rings. The van der Waals surface area contributed by atoms with Crippen molar-refractivity contribution in [2.24, 2.45) is 0 Å². The number of rotatable bonds is 4. The van der Waals surface area contributed by atoms with Crippen molar-refractivity contribution >= 4 is 17.4 Å². The maximum atomic E-state index is 13.6. The van der Waals surface area contributed by atoms with Crippen molar-refractivity contribution in [1.82, 2.24) is 0 Å². The Balaban J connectivity index is 1.83. The Labute approximate surface area is 132 Å². The molecule has 1 amide bonds. The van der Waals surface area contributed by atoms with Crippen LogP contribution in [0.5, 0.6) is 11.5 Å². The summed E-state index contributed by atoms with van der Waals surface area (Å²) in [6.45, 7) is 1.46. The number of ether oxygens (including phenoxy) is 2. The average Bonchev–Trinajstić information content (AvgIpc) is 2.96. The number of carbonyl (C=O) groups excluding carboxylic acids is 2. The first-order valence-electron chi connectivity index (χ1n) is 7.02. The standard InChI is InChI=1S/C17H14FNO4/c1-10(20)12-7-15-16(23-9-22-15)8-14(12)19-17(21)6-11-4-2-3-5-13(11)18/h2-5,7-8H,6,9H2,1H3,(H,19,21). The van der Waals surface area contributed by atoms with Gasteiger partial charge in [0.1, 0.15) is 5.82 Å². The quantitative estimate of drug-likeness (QED) is 0.881. The normalized spacial score (nSPS) is 12.1. The third kappa shape index (κ3) is 3.15. The minimum atomic E-state index is -0.444. The zero-order valence-electron chi connectivity index (χ0n) is 12.4. The number of halogens is 1. The van der Waals surface area contributed by atoms with E-state index in [4.69, 9.17) is 9.47 Å². The molecule has 3 rings (SSSR count). The molecule has 1 heterocycles. The number of benzene rings is 2. The number of fused-ring (bicyclic) bond motifs is 1. The van der Waals surface area contributed by atoms with Gasteiger partial charge in [0, 0.05) is 11.6 Å². The lowest BCUT2D eigenvalue weighted by Crippen LogP contribution is -2.17. The summed E-state index contributed by atoms with van der Waals surface area (Å²) in [5, 5.41) is 2.64. The highest BCUT2D eigenvalue weighted by Gasteiger charge is 2.20. The molecule has 0 radical (unpaired) electrons. The van der Waals surface area contributed by atoms with Crippen LogP contribution in [0.3, 0.4) is 0 Å². The summed E-state index contributed by atoms with van der Waals surface area (Å²) >= 11 is 0. The number of hydrogen-bond acceptors (Lipinski definition) is 4. The highest BCUT2D eigenvalue weighted by atomic mass is 19.1. The van der Waals surface area contributed by atoms with E-state index in [2.05, 4.69) is 5.32 Å². The molecular weight excluding hydrogens is 301 g/mol. The lowest BCUT2D eigenvalue weighted by molar-refractivity contribution is -0.115. The van der Waals surface area contributed by atoms with Crippen LogP contribution in [0.25, 0.3) is 0 Å². The molecule has 118 valence electrons. The predicted molar refractivity (Wildman–Crippen MR) is 81.3 cm³/mol. The van der Waals surface area contributed by atoms with E-state index in [1.54, 1.807) is 18.2 Å². The van der Waals surface area contributed by atoms with E-state index >= 15 is 0 Å². The van der Waals surface area contributed by atoms with Crippen LogP contribution >= 0.6 is 0 Å². The fourth-order valence-electron chi connectivity index (χ4n) is 2.35. The largest absolute Gasteiger partial charge is 0.454 e. The van der Waals surface area contributed by atoms with Crippen LogP contribution in [-0.4, -0.2) is 18.5 Å². The summed E-state index contributed by atoms with van der Waals surface area (Å²) in [7, 11) is 0. The Bertz CT molecular complexity index is 788. The van der Waals surface area contributed by atoms with Crippen LogP contribution in [0, 0.1) is 5.82 Å². The van der Waals surface area contributed by atoms with Crippen molar-refractivity contribution in [3.8, 4) is 11.5 Å². The lowest BCUT2D eigenvalue weighted by Gasteiger charge is -2.11. The van der Waals surface area contributed by atoms with Crippen molar-refractivity contribution in [2.75, 3.05) is 12.1 Å². The van der Waals surface area contributed by atoms with Crippen LogP contribution in [0.4, 0.5) is 10.1 Å². The molecule has 1 aliphatic rings. The van der Waals surface area contributed by atoms with Gasteiger partial charge in [0.05, 0.1) is 12.1 Å². The van der Waals surface area contributed by atoms with Gasteiger partial charge in [-0.2, -0.15) is 0 Å². The summed E-state index contributed by atoms with van der Waals surface area (Å²) in [4.78, 5) is 23.9. The Hall–Kier alpha value is -2.89. The van der Waals surface area contributed by atoms with Crippen LogP contribution in [0.15, 0.2) is 36.4 Å². The molecule has 0 unspecified atom stereocenters. The second-order valence-corrected chi connectivity index (χ2v) is 5.12. The molecule has 0 aliphatic carbocycles. The first-order chi connectivity index (χ1) is 11.0. The van der Waals surface area contributed by atoms with Crippen molar-refractivity contribution in [3.63, 3.8) is 0 Å². The van der Waals surface area contributed by atoms with Gasteiger partial charge in [0.2, 0.25) is 12.7 Å². The van der Waals surface area contributed by atoms with E-state index in [9.17, 15) is 14.0 Å². The van der Waals surface area contributed by atoms with Gasteiger partial charge in [-0.3, -0.25) is 9.59 Å². The molecule has 23 heavy (non-hydrogen) atoms. The highest BCUT2D eigenvalue weighted by molar-refractivity contribution is 6.04. The number of ketones is 1. The summed E-state index contributed by atoms with van der Waals surface area (Å²) in [6, 6.07) is 9.13. The van der Waals surface area contributed by atoms with Gasteiger partial charge in [-0.1, -0.05) is 18.2 Å². The maximum absolute atomic E-state index is 13.6. The Morgan fingerprint density at radius 3 is 2.57 bits per heavy atom. The van der Waals surface area contributed by atoms with Crippen molar-refractivity contribution in [1.29, 1.82) is 0 Å². The van der Waals surface area contributed by atoms with Gasteiger partial charge in [-0.05, 0) is 24.6 Å². The fourth-order valence-corrected chi connectivity index (χ4v) is 2.35. The van der Waals surface area contributed by atoms with Gasteiger partial charge in [-0.15, -0.1) is 0 Å². The third-order valence-electron chi connectivity index (χ3n) is 3.47. The second-order valence-electron chi connectivity index (χ2n) is 5.12. The van der Waals surface area contributed by atoms with E-state index in [-0.39, 0.29) is 24.6 Å². The SMILES string of the molecule is CC(=O)c1cc2c(cc1NC(=O)Cc1ccccc1F)OCO2. The van der Waals surface area contributed by atoms with Gasteiger partial charge in [0.15, 0.2) is 17.3 Å². The molecule has 1 N–H and O–H groups in total. The Morgan fingerprint density at radius 1 is 1.17 bits per heavy atom. The zero-order chi connectivity index (χ0) is 16.4. The topological polar surface area (TPSA) is 64.6 Å². The van der Waals surface area contributed by atoms with E-state index in [0.29, 0.717) is 22.7 Å². The molecule has 0 saturated heterocycles. The number of hydrogen-bond donors (Lipinski definition) is 1. The van der Waals surface area contributed by atoms with Gasteiger partial charge < -0.3 is 14.8 Å². The molecule has 5 nitrogen and oxygen atoms in total. The van der Waals surface area contributed by atoms with Gasteiger partial charge in [0.25, 0.3) is 0 Å².